The van der Waals surface area contributed by atoms with Crippen LogP contribution in [0.25, 0.3) is 10.2 Å². The van der Waals surface area contributed by atoms with Crippen LogP contribution in [0.1, 0.15) is 38.9 Å². The monoisotopic (exact) mass is 536 g/mol. The SMILES string of the molecule is CCOc1ccc2nc(N3C(=O)C(O)=C(C(=O)c4sc(C)nc4C)C3c3ccccc3[N+](=O)[O-])sc2c1. The fourth-order valence-corrected chi connectivity index (χ4v) is 6.23. The lowest BCUT2D eigenvalue weighted by Crippen LogP contribution is -2.31. The zero-order chi connectivity index (χ0) is 26.4. The average molecular weight is 537 g/mol. The normalized spacial score (nSPS) is 15.6. The van der Waals surface area contributed by atoms with Crippen molar-refractivity contribution in [3.8, 4) is 5.75 Å². The van der Waals surface area contributed by atoms with Crippen LogP contribution in [0.15, 0.2) is 53.8 Å². The number of amides is 1. The highest BCUT2D eigenvalue weighted by Gasteiger charge is 2.48. The Morgan fingerprint density at radius 2 is 1.95 bits per heavy atom. The molecule has 4 aromatic rings. The smallest absolute Gasteiger partial charge is 0.296 e. The minimum absolute atomic E-state index is 0.0846. The number of thiazole rings is 2. The number of benzene rings is 2. The lowest BCUT2D eigenvalue weighted by molar-refractivity contribution is -0.385. The van der Waals surface area contributed by atoms with E-state index in [1.807, 2.05) is 6.92 Å². The molecule has 188 valence electrons. The standard InChI is InChI=1S/C25H20N4O6S2/c1-4-35-14-9-10-16-18(11-14)37-25(27-16)28-20(15-7-5-6-8-17(15)29(33)34)19(22(31)24(28)32)21(30)23-12(2)26-13(3)36-23/h5-11,20,31H,4H2,1-3H3. The van der Waals surface area contributed by atoms with Gasteiger partial charge in [0.05, 0.1) is 48.5 Å². The molecule has 5 rings (SSSR count). The summed E-state index contributed by atoms with van der Waals surface area (Å²) in [5.41, 5.74) is 0.568. The molecule has 12 heteroatoms. The van der Waals surface area contributed by atoms with Gasteiger partial charge in [-0.2, -0.15) is 0 Å². The lowest BCUT2D eigenvalue weighted by Gasteiger charge is -2.24. The second-order valence-electron chi connectivity index (χ2n) is 8.19. The summed E-state index contributed by atoms with van der Waals surface area (Å²) >= 11 is 2.29. The molecule has 0 aliphatic carbocycles. The van der Waals surface area contributed by atoms with Crippen LogP contribution in [0.3, 0.4) is 0 Å². The third-order valence-electron chi connectivity index (χ3n) is 5.86. The van der Waals surface area contributed by atoms with E-state index in [2.05, 4.69) is 9.97 Å². The van der Waals surface area contributed by atoms with Crippen molar-refractivity contribution in [1.29, 1.82) is 0 Å². The summed E-state index contributed by atoms with van der Waals surface area (Å²) in [6, 6.07) is 9.85. The molecule has 0 saturated heterocycles. The molecule has 2 aromatic heterocycles. The van der Waals surface area contributed by atoms with Crippen LogP contribution < -0.4 is 9.64 Å². The van der Waals surface area contributed by atoms with Gasteiger partial charge in [0.1, 0.15) is 11.8 Å². The first-order chi connectivity index (χ1) is 17.7. The summed E-state index contributed by atoms with van der Waals surface area (Å²) in [7, 11) is 0. The average Bonchev–Trinajstić information content (AvgIpc) is 3.51. The van der Waals surface area contributed by atoms with Gasteiger partial charge in [-0.25, -0.2) is 9.97 Å². The van der Waals surface area contributed by atoms with Gasteiger partial charge in [0.25, 0.3) is 11.6 Å². The molecule has 1 aliphatic heterocycles. The van der Waals surface area contributed by atoms with Crippen LogP contribution in [0, 0.1) is 24.0 Å². The van der Waals surface area contributed by atoms with Crippen molar-refractivity contribution in [2.24, 2.45) is 0 Å². The van der Waals surface area contributed by atoms with Crippen LogP contribution in [0.2, 0.25) is 0 Å². The molecule has 0 spiro atoms. The minimum atomic E-state index is -1.27. The van der Waals surface area contributed by atoms with Crippen molar-refractivity contribution >= 4 is 55.4 Å². The number of fused-ring (bicyclic) bond motifs is 1. The van der Waals surface area contributed by atoms with Gasteiger partial charge in [0, 0.05) is 6.07 Å². The number of aliphatic hydroxyl groups is 1. The number of ketones is 1. The van der Waals surface area contributed by atoms with Gasteiger partial charge >= 0.3 is 0 Å². The van der Waals surface area contributed by atoms with Crippen molar-refractivity contribution < 1.29 is 24.4 Å². The van der Waals surface area contributed by atoms with Crippen molar-refractivity contribution in [1.82, 2.24) is 9.97 Å². The zero-order valence-corrected chi connectivity index (χ0v) is 21.6. The van der Waals surface area contributed by atoms with Crippen molar-refractivity contribution in [3.63, 3.8) is 0 Å². The molecule has 37 heavy (non-hydrogen) atoms. The number of nitro benzene ring substituents is 1. The van der Waals surface area contributed by atoms with Gasteiger partial charge in [-0.15, -0.1) is 11.3 Å². The maximum atomic E-state index is 13.7. The Labute approximate surface area is 218 Å². The van der Waals surface area contributed by atoms with Gasteiger partial charge < -0.3 is 9.84 Å². The number of aromatic nitrogens is 2. The van der Waals surface area contributed by atoms with Crippen LogP contribution in [-0.4, -0.2) is 38.3 Å². The van der Waals surface area contributed by atoms with Crippen molar-refractivity contribution in [2.75, 3.05) is 11.5 Å². The maximum absolute atomic E-state index is 13.7. The molecule has 1 aliphatic rings. The quantitative estimate of drug-likeness (QED) is 0.187. The predicted molar refractivity (Wildman–Crippen MR) is 140 cm³/mol. The first-order valence-electron chi connectivity index (χ1n) is 11.2. The largest absolute Gasteiger partial charge is 0.503 e. The predicted octanol–water partition coefficient (Wildman–Crippen LogP) is 5.46. The first kappa shape index (κ1) is 24.5. The summed E-state index contributed by atoms with van der Waals surface area (Å²) < 4.78 is 6.27. The highest BCUT2D eigenvalue weighted by Crippen LogP contribution is 2.47. The van der Waals surface area contributed by atoms with Crippen LogP contribution in [-0.2, 0) is 4.79 Å². The van der Waals surface area contributed by atoms with Gasteiger partial charge in [-0.05, 0) is 45.0 Å². The first-order valence-corrected chi connectivity index (χ1v) is 12.9. The van der Waals surface area contributed by atoms with Gasteiger partial charge in [0.15, 0.2) is 10.9 Å². The lowest BCUT2D eigenvalue weighted by atomic mass is 9.94. The molecule has 10 nitrogen and oxygen atoms in total. The fourth-order valence-electron chi connectivity index (χ4n) is 4.33. The number of nitro groups is 1. The fraction of sp³-hybridized carbons (Fsp3) is 0.200. The number of aliphatic hydroxyl groups excluding tert-OH is 1. The molecule has 1 unspecified atom stereocenters. The molecular formula is C25H20N4O6S2. The van der Waals surface area contributed by atoms with E-state index in [4.69, 9.17) is 4.74 Å². The number of aryl methyl sites for hydroxylation is 2. The van der Waals surface area contributed by atoms with E-state index in [0.717, 1.165) is 27.6 Å². The topological polar surface area (TPSA) is 136 Å². The number of anilines is 1. The van der Waals surface area contributed by atoms with E-state index in [1.54, 1.807) is 38.1 Å². The Kier molecular flexibility index (Phi) is 6.21. The molecule has 0 radical (unpaired) electrons. The van der Waals surface area contributed by atoms with E-state index in [-0.39, 0.29) is 26.8 Å². The molecule has 3 heterocycles. The Bertz CT molecular complexity index is 1620. The molecule has 0 bridgehead atoms. The number of carbonyl (C=O) groups is 2. The number of nitrogens with zero attached hydrogens (tertiary/aromatic N) is 4. The van der Waals surface area contributed by atoms with E-state index in [1.165, 1.54) is 18.2 Å². The Morgan fingerprint density at radius 3 is 2.62 bits per heavy atom. The summed E-state index contributed by atoms with van der Waals surface area (Å²) in [6.07, 6.45) is 0. The van der Waals surface area contributed by atoms with Gasteiger partial charge in [-0.1, -0.05) is 23.5 Å². The third-order valence-corrected chi connectivity index (χ3v) is 7.95. The highest BCUT2D eigenvalue weighted by molar-refractivity contribution is 7.22. The maximum Gasteiger partial charge on any atom is 0.296 e. The van der Waals surface area contributed by atoms with E-state index >= 15 is 0 Å². The molecular weight excluding hydrogens is 516 g/mol. The second-order valence-corrected chi connectivity index (χ2v) is 10.4. The third kappa shape index (κ3) is 4.13. The number of hydrogen-bond donors (Lipinski definition) is 1. The Hall–Kier alpha value is -4.16. The van der Waals surface area contributed by atoms with Crippen LogP contribution in [0.4, 0.5) is 10.8 Å². The van der Waals surface area contributed by atoms with E-state index in [9.17, 15) is 24.8 Å². The number of para-hydroxylation sites is 1. The molecule has 0 fully saturated rings. The van der Waals surface area contributed by atoms with Crippen LogP contribution >= 0.6 is 22.7 Å². The molecule has 1 atom stereocenters. The Balaban J connectivity index is 1.71. The minimum Gasteiger partial charge on any atom is -0.503 e. The number of hydrogen-bond acceptors (Lipinski definition) is 10. The summed E-state index contributed by atoms with van der Waals surface area (Å²) in [4.78, 5) is 48.8. The number of ether oxygens (including phenoxy) is 1. The summed E-state index contributed by atoms with van der Waals surface area (Å²) in [5, 5.41) is 23.8. The molecule has 0 saturated carbocycles. The van der Waals surface area contributed by atoms with Gasteiger partial charge in [0.2, 0.25) is 5.78 Å². The van der Waals surface area contributed by atoms with Gasteiger partial charge in [-0.3, -0.25) is 24.6 Å². The zero-order valence-electron chi connectivity index (χ0n) is 19.9. The number of rotatable bonds is 7. The summed E-state index contributed by atoms with van der Waals surface area (Å²) in [6.45, 7) is 5.74. The molecule has 1 amide bonds. The Morgan fingerprint density at radius 1 is 1.19 bits per heavy atom. The molecule has 2 aromatic carbocycles. The van der Waals surface area contributed by atoms with Crippen molar-refractivity contribution in [3.05, 3.63) is 85.1 Å². The number of Topliss-reactive ketones (excluding diaryl/α,β-unsaturated/α-hetero) is 1. The summed E-state index contributed by atoms with van der Waals surface area (Å²) in [5.74, 6) is -1.62. The highest BCUT2D eigenvalue weighted by atomic mass is 32.1. The molecule has 1 N–H and O–H groups in total. The van der Waals surface area contributed by atoms with E-state index < -0.39 is 28.4 Å². The van der Waals surface area contributed by atoms with Crippen LogP contribution in [0.5, 0.6) is 5.75 Å². The van der Waals surface area contributed by atoms with E-state index in [0.29, 0.717) is 33.3 Å². The number of carbonyl (C=O) groups excluding carboxylic acids is 2. The van der Waals surface area contributed by atoms with Crippen molar-refractivity contribution in [2.45, 2.75) is 26.8 Å². The second kappa shape index (κ2) is 9.37.